The summed E-state index contributed by atoms with van der Waals surface area (Å²) in [5, 5.41) is 10.3. The van der Waals surface area contributed by atoms with E-state index in [4.69, 9.17) is 4.74 Å². The highest BCUT2D eigenvalue weighted by Gasteiger charge is 2.28. The van der Waals surface area contributed by atoms with Crippen molar-refractivity contribution in [2.24, 2.45) is 4.99 Å². The largest absolute Gasteiger partial charge is 0.511 e. The van der Waals surface area contributed by atoms with Gasteiger partial charge >= 0.3 is 5.97 Å². The maximum atomic E-state index is 12.5. The van der Waals surface area contributed by atoms with E-state index in [1.807, 2.05) is 60.7 Å². The van der Waals surface area contributed by atoms with Crippen molar-refractivity contribution < 1.29 is 19.4 Å². The monoisotopic (exact) mass is 377 g/mol. The molecule has 0 saturated heterocycles. The molecule has 5 heteroatoms. The molecule has 0 saturated carbocycles. The van der Waals surface area contributed by atoms with Gasteiger partial charge in [0.2, 0.25) is 0 Å². The molecule has 2 atom stereocenters. The summed E-state index contributed by atoms with van der Waals surface area (Å²) in [4.78, 5) is 28.7. The summed E-state index contributed by atoms with van der Waals surface area (Å²) in [6, 6.07) is 18.3. The van der Waals surface area contributed by atoms with E-state index in [1.165, 1.54) is 6.21 Å². The molecule has 2 aromatic rings. The van der Waals surface area contributed by atoms with E-state index in [-0.39, 0.29) is 29.6 Å². The van der Waals surface area contributed by atoms with Gasteiger partial charge in [-0.25, -0.2) is 4.79 Å². The first-order valence-electron chi connectivity index (χ1n) is 9.28. The molecule has 0 fully saturated rings. The Morgan fingerprint density at radius 3 is 2.43 bits per heavy atom. The number of carbonyl (C=O) groups excluding carboxylic acids is 2. The fourth-order valence-corrected chi connectivity index (χ4v) is 3.11. The SMILES string of the molecule is C[C@H](N=CC1=C(O)CC(c2ccccc2)CC1=O)C(=O)OCc1ccccc1. The molecular formula is C23H23NO4. The van der Waals surface area contributed by atoms with E-state index in [0.717, 1.165) is 11.1 Å². The number of esters is 1. The fourth-order valence-electron chi connectivity index (χ4n) is 3.11. The van der Waals surface area contributed by atoms with Gasteiger partial charge < -0.3 is 9.84 Å². The molecule has 1 N–H and O–H groups in total. The van der Waals surface area contributed by atoms with Crippen molar-refractivity contribution in [1.82, 2.24) is 0 Å². The van der Waals surface area contributed by atoms with Crippen LogP contribution in [0.3, 0.4) is 0 Å². The number of aliphatic hydroxyl groups is 1. The van der Waals surface area contributed by atoms with Crippen molar-refractivity contribution in [3.05, 3.63) is 83.1 Å². The van der Waals surface area contributed by atoms with Gasteiger partial charge in [0, 0.05) is 19.1 Å². The second kappa shape index (κ2) is 9.13. The van der Waals surface area contributed by atoms with Crippen LogP contribution in [0.2, 0.25) is 0 Å². The Bertz CT molecular complexity index is 887. The van der Waals surface area contributed by atoms with Gasteiger partial charge in [-0.1, -0.05) is 60.7 Å². The van der Waals surface area contributed by atoms with Gasteiger partial charge in [0.25, 0.3) is 0 Å². The Balaban J connectivity index is 1.60. The quantitative estimate of drug-likeness (QED) is 0.606. The molecule has 28 heavy (non-hydrogen) atoms. The van der Waals surface area contributed by atoms with Crippen LogP contribution in [-0.2, 0) is 20.9 Å². The second-order valence-electron chi connectivity index (χ2n) is 6.85. The van der Waals surface area contributed by atoms with Crippen molar-refractivity contribution in [3.8, 4) is 0 Å². The summed E-state index contributed by atoms with van der Waals surface area (Å²) in [6.07, 6.45) is 1.99. The number of nitrogens with zero attached hydrogens (tertiary/aromatic N) is 1. The predicted molar refractivity (Wildman–Crippen MR) is 107 cm³/mol. The maximum absolute atomic E-state index is 12.5. The lowest BCUT2D eigenvalue weighted by Crippen LogP contribution is -2.21. The van der Waals surface area contributed by atoms with Gasteiger partial charge in [-0.3, -0.25) is 9.79 Å². The van der Waals surface area contributed by atoms with Crippen LogP contribution in [0.15, 0.2) is 77.0 Å². The Labute approximate surface area is 164 Å². The van der Waals surface area contributed by atoms with Crippen LogP contribution in [0.5, 0.6) is 0 Å². The highest BCUT2D eigenvalue weighted by Crippen LogP contribution is 2.32. The van der Waals surface area contributed by atoms with Gasteiger partial charge in [-0.05, 0) is 24.0 Å². The van der Waals surface area contributed by atoms with Crippen molar-refractivity contribution in [1.29, 1.82) is 0 Å². The number of hydrogen-bond donors (Lipinski definition) is 1. The van der Waals surface area contributed by atoms with Crippen LogP contribution in [0.25, 0.3) is 0 Å². The van der Waals surface area contributed by atoms with Crippen LogP contribution in [0, 0.1) is 0 Å². The van der Waals surface area contributed by atoms with Crippen molar-refractivity contribution in [2.45, 2.75) is 38.3 Å². The van der Waals surface area contributed by atoms with Crippen LogP contribution >= 0.6 is 0 Å². The molecule has 0 amide bonds. The minimum Gasteiger partial charge on any atom is -0.511 e. The zero-order valence-corrected chi connectivity index (χ0v) is 15.7. The average molecular weight is 377 g/mol. The normalized spacial score (nSPS) is 18.3. The van der Waals surface area contributed by atoms with E-state index in [1.54, 1.807) is 6.92 Å². The molecule has 0 aliphatic heterocycles. The highest BCUT2D eigenvalue weighted by molar-refractivity contribution is 6.14. The molecule has 0 radical (unpaired) electrons. The molecule has 0 heterocycles. The Kier molecular flexibility index (Phi) is 6.37. The van der Waals surface area contributed by atoms with Crippen molar-refractivity contribution >= 4 is 18.0 Å². The van der Waals surface area contributed by atoms with E-state index in [9.17, 15) is 14.7 Å². The molecule has 3 rings (SSSR count). The van der Waals surface area contributed by atoms with Gasteiger partial charge in [0.1, 0.15) is 18.4 Å². The van der Waals surface area contributed by atoms with Crippen LogP contribution in [0.1, 0.15) is 36.8 Å². The lowest BCUT2D eigenvalue weighted by Gasteiger charge is -2.22. The molecule has 0 aromatic heterocycles. The van der Waals surface area contributed by atoms with E-state index in [0.29, 0.717) is 12.8 Å². The summed E-state index contributed by atoms with van der Waals surface area (Å²) in [7, 11) is 0. The number of carbonyl (C=O) groups is 2. The van der Waals surface area contributed by atoms with Gasteiger partial charge in [0.05, 0.1) is 5.57 Å². The third-order valence-electron chi connectivity index (χ3n) is 4.75. The highest BCUT2D eigenvalue weighted by atomic mass is 16.5. The summed E-state index contributed by atoms with van der Waals surface area (Å²) in [5.74, 6) is -0.686. The average Bonchev–Trinajstić information content (AvgIpc) is 2.72. The third kappa shape index (κ3) is 4.94. The first kappa shape index (κ1) is 19.5. The molecule has 1 unspecified atom stereocenters. The molecule has 1 aliphatic carbocycles. The number of ether oxygens (including phenoxy) is 1. The van der Waals surface area contributed by atoms with E-state index < -0.39 is 12.0 Å². The fraction of sp³-hybridized carbons (Fsp3) is 0.261. The number of benzene rings is 2. The summed E-state index contributed by atoms with van der Waals surface area (Å²) in [5.41, 5.74) is 2.09. The molecule has 2 aromatic carbocycles. The third-order valence-corrected chi connectivity index (χ3v) is 4.75. The number of hydrogen-bond acceptors (Lipinski definition) is 5. The first-order chi connectivity index (χ1) is 13.5. The molecule has 0 bridgehead atoms. The van der Waals surface area contributed by atoms with E-state index in [2.05, 4.69) is 4.99 Å². The topological polar surface area (TPSA) is 76.0 Å². The smallest absolute Gasteiger partial charge is 0.330 e. The number of rotatable bonds is 6. The van der Waals surface area contributed by atoms with E-state index >= 15 is 0 Å². The van der Waals surface area contributed by atoms with Gasteiger partial charge in [-0.15, -0.1) is 0 Å². The Morgan fingerprint density at radius 2 is 1.79 bits per heavy atom. The molecule has 144 valence electrons. The van der Waals surface area contributed by atoms with Crippen LogP contribution in [0.4, 0.5) is 0 Å². The Morgan fingerprint density at radius 1 is 1.14 bits per heavy atom. The lowest BCUT2D eigenvalue weighted by atomic mass is 9.83. The molecular weight excluding hydrogens is 354 g/mol. The van der Waals surface area contributed by atoms with Crippen LogP contribution < -0.4 is 0 Å². The Hall–Kier alpha value is -3.21. The second-order valence-corrected chi connectivity index (χ2v) is 6.85. The van der Waals surface area contributed by atoms with Crippen molar-refractivity contribution in [2.75, 3.05) is 0 Å². The number of ketones is 1. The lowest BCUT2D eigenvalue weighted by molar-refractivity contribution is -0.146. The molecule has 5 nitrogen and oxygen atoms in total. The first-order valence-corrected chi connectivity index (χ1v) is 9.28. The zero-order chi connectivity index (χ0) is 19.9. The predicted octanol–water partition coefficient (Wildman–Crippen LogP) is 4.15. The summed E-state index contributed by atoms with van der Waals surface area (Å²) >= 11 is 0. The van der Waals surface area contributed by atoms with Gasteiger partial charge in [0.15, 0.2) is 5.78 Å². The summed E-state index contributed by atoms with van der Waals surface area (Å²) < 4.78 is 5.24. The minimum atomic E-state index is -0.761. The molecule has 1 aliphatic rings. The van der Waals surface area contributed by atoms with Gasteiger partial charge in [-0.2, -0.15) is 0 Å². The number of Topliss-reactive ketones (excluding diaryl/α,β-unsaturated/α-hetero) is 1. The maximum Gasteiger partial charge on any atom is 0.330 e. The summed E-state index contributed by atoms with van der Waals surface area (Å²) in [6.45, 7) is 1.77. The van der Waals surface area contributed by atoms with Crippen molar-refractivity contribution in [3.63, 3.8) is 0 Å². The standard InChI is InChI=1S/C23H23NO4/c1-16(23(27)28-15-17-8-4-2-5-9-17)24-14-20-21(25)12-19(13-22(20)26)18-10-6-3-7-11-18/h2-11,14,16,19,25H,12-13,15H2,1H3/t16-,19?/m0/s1. The number of allylic oxidation sites excluding steroid dienone is 2. The minimum absolute atomic E-state index is 0.0127. The van der Waals surface area contributed by atoms with Crippen LogP contribution in [-0.4, -0.2) is 29.1 Å². The molecule has 0 spiro atoms. The number of aliphatic hydroxyl groups excluding tert-OH is 1. The number of aliphatic imine (C=N–C) groups is 1. The zero-order valence-electron chi connectivity index (χ0n) is 15.7.